The Morgan fingerprint density at radius 2 is 2.05 bits per heavy atom. The summed E-state index contributed by atoms with van der Waals surface area (Å²) in [5.41, 5.74) is 2.44. The van der Waals surface area contributed by atoms with Gasteiger partial charge in [0.2, 0.25) is 11.8 Å². The molecule has 0 fully saturated rings. The number of hydrogen-bond donors (Lipinski definition) is 1. The SMILES string of the molecule is CC(C)n1c2nc(-c3cccc(O)c3)cc(Cl)c2c[n+]1C. The fourth-order valence-corrected chi connectivity index (χ4v) is 2.86. The van der Waals surface area contributed by atoms with Gasteiger partial charge in [-0.1, -0.05) is 23.7 Å². The molecule has 0 saturated heterocycles. The number of halogens is 1. The Kier molecular flexibility index (Phi) is 3.33. The number of nitrogens with zero attached hydrogens (tertiary/aromatic N) is 3. The number of aryl methyl sites for hydroxylation is 1. The second kappa shape index (κ2) is 5.04. The lowest BCUT2D eigenvalue weighted by Crippen LogP contribution is -2.39. The maximum Gasteiger partial charge on any atom is 0.206 e. The van der Waals surface area contributed by atoms with Crippen LogP contribution in [0.1, 0.15) is 19.9 Å². The molecule has 4 nitrogen and oxygen atoms in total. The summed E-state index contributed by atoms with van der Waals surface area (Å²) in [6.07, 6.45) is 1.98. The summed E-state index contributed by atoms with van der Waals surface area (Å²) in [6, 6.07) is 9.14. The minimum absolute atomic E-state index is 0.218. The van der Waals surface area contributed by atoms with Gasteiger partial charge in [-0.05, 0) is 32.0 Å². The number of phenols is 1. The van der Waals surface area contributed by atoms with Gasteiger partial charge in [-0.15, -0.1) is 9.36 Å². The predicted molar refractivity (Wildman–Crippen MR) is 83.4 cm³/mol. The lowest BCUT2D eigenvalue weighted by molar-refractivity contribution is -0.753. The van der Waals surface area contributed by atoms with Gasteiger partial charge in [-0.3, -0.25) is 0 Å². The number of aromatic hydroxyl groups is 1. The van der Waals surface area contributed by atoms with Crippen molar-refractivity contribution in [3.63, 3.8) is 0 Å². The van der Waals surface area contributed by atoms with E-state index in [-0.39, 0.29) is 11.8 Å². The van der Waals surface area contributed by atoms with Crippen LogP contribution in [0.2, 0.25) is 5.02 Å². The third-order valence-corrected chi connectivity index (χ3v) is 3.80. The van der Waals surface area contributed by atoms with Crippen LogP contribution < -0.4 is 4.68 Å². The van der Waals surface area contributed by atoms with Crippen LogP contribution in [0.4, 0.5) is 0 Å². The molecule has 108 valence electrons. The smallest absolute Gasteiger partial charge is 0.206 e. The molecule has 21 heavy (non-hydrogen) atoms. The van der Waals surface area contributed by atoms with Crippen molar-refractivity contribution in [2.75, 3.05) is 0 Å². The summed E-state index contributed by atoms with van der Waals surface area (Å²) in [4.78, 5) is 4.74. The minimum Gasteiger partial charge on any atom is -0.508 e. The zero-order valence-electron chi connectivity index (χ0n) is 12.2. The van der Waals surface area contributed by atoms with Gasteiger partial charge in [-0.25, -0.2) is 4.98 Å². The maximum absolute atomic E-state index is 9.63. The Morgan fingerprint density at radius 1 is 1.29 bits per heavy atom. The van der Waals surface area contributed by atoms with E-state index < -0.39 is 0 Å². The van der Waals surface area contributed by atoms with E-state index in [1.807, 2.05) is 30.1 Å². The normalized spacial score (nSPS) is 11.5. The van der Waals surface area contributed by atoms with Crippen molar-refractivity contribution in [2.45, 2.75) is 19.9 Å². The summed E-state index contributed by atoms with van der Waals surface area (Å²) < 4.78 is 4.09. The highest BCUT2D eigenvalue weighted by atomic mass is 35.5. The number of phenolic OH excluding ortho intramolecular Hbond substituents is 1. The number of rotatable bonds is 2. The molecule has 0 atom stereocenters. The second-order valence-electron chi connectivity index (χ2n) is 5.42. The Balaban J connectivity index is 2.29. The van der Waals surface area contributed by atoms with E-state index >= 15 is 0 Å². The number of aromatic nitrogens is 3. The molecule has 0 saturated carbocycles. The fourth-order valence-electron chi connectivity index (χ4n) is 2.63. The van der Waals surface area contributed by atoms with E-state index in [0.29, 0.717) is 5.02 Å². The molecule has 0 aliphatic heterocycles. The van der Waals surface area contributed by atoms with E-state index in [1.165, 1.54) is 0 Å². The third-order valence-electron chi connectivity index (χ3n) is 3.49. The van der Waals surface area contributed by atoms with Crippen LogP contribution in [0.5, 0.6) is 5.75 Å². The molecule has 3 aromatic rings. The van der Waals surface area contributed by atoms with Crippen molar-refractivity contribution >= 4 is 22.6 Å². The predicted octanol–water partition coefficient (Wildman–Crippen LogP) is 3.47. The molecule has 0 aliphatic carbocycles. The second-order valence-corrected chi connectivity index (χ2v) is 5.83. The molecule has 5 heteroatoms. The van der Waals surface area contributed by atoms with Crippen LogP contribution in [-0.4, -0.2) is 14.8 Å². The van der Waals surface area contributed by atoms with Gasteiger partial charge in [0.15, 0.2) is 7.05 Å². The van der Waals surface area contributed by atoms with Crippen molar-refractivity contribution in [3.05, 3.63) is 41.6 Å². The van der Waals surface area contributed by atoms with E-state index in [0.717, 1.165) is 22.3 Å². The summed E-state index contributed by atoms with van der Waals surface area (Å²) in [6.45, 7) is 4.21. The number of pyridine rings is 1. The molecular weight excluding hydrogens is 286 g/mol. The zero-order chi connectivity index (χ0) is 15.1. The largest absolute Gasteiger partial charge is 0.508 e. The number of fused-ring (bicyclic) bond motifs is 1. The highest BCUT2D eigenvalue weighted by molar-refractivity contribution is 6.35. The first-order chi connectivity index (χ1) is 9.97. The lowest BCUT2D eigenvalue weighted by atomic mass is 10.1. The highest BCUT2D eigenvalue weighted by Crippen LogP contribution is 2.29. The van der Waals surface area contributed by atoms with Crippen molar-refractivity contribution in [1.29, 1.82) is 0 Å². The molecular formula is C16H17ClN3O+. The fraction of sp³-hybridized carbons (Fsp3) is 0.250. The molecule has 0 bridgehead atoms. The van der Waals surface area contributed by atoms with Crippen LogP contribution in [0.25, 0.3) is 22.3 Å². The Hall–Kier alpha value is -2.07. The summed E-state index contributed by atoms with van der Waals surface area (Å²) >= 11 is 6.41. The van der Waals surface area contributed by atoms with Crippen LogP contribution >= 0.6 is 11.6 Å². The van der Waals surface area contributed by atoms with E-state index in [1.54, 1.807) is 18.2 Å². The van der Waals surface area contributed by atoms with Gasteiger partial charge in [-0.2, -0.15) is 0 Å². The summed E-state index contributed by atoms with van der Waals surface area (Å²) in [7, 11) is 1.98. The van der Waals surface area contributed by atoms with Crippen molar-refractivity contribution in [3.8, 4) is 17.0 Å². The molecule has 2 heterocycles. The molecule has 0 amide bonds. The Morgan fingerprint density at radius 3 is 2.71 bits per heavy atom. The summed E-state index contributed by atoms with van der Waals surface area (Å²) in [5.74, 6) is 0.218. The van der Waals surface area contributed by atoms with E-state index in [2.05, 4.69) is 18.5 Å². The monoisotopic (exact) mass is 302 g/mol. The topological polar surface area (TPSA) is 41.9 Å². The molecule has 3 rings (SSSR count). The Labute approximate surface area is 128 Å². The minimum atomic E-state index is 0.218. The molecule has 1 N–H and O–H groups in total. The molecule has 0 unspecified atom stereocenters. The third kappa shape index (κ3) is 2.36. The van der Waals surface area contributed by atoms with Crippen LogP contribution in [0.15, 0.2) is 36.5 Å². The van der Waals surface area contributed by atoms with Crippen molar-refractivity contribution in [2.24, 2.45) is 7.05 Å². The van der Waals surface area contributed by atoms with Gasteiger partial charge in [0, 0.05) is 5.56 Å². The molecule has 2 aromatic heterocycles. The van der Waals surface area contributed by atoms with Crippen LogP contribution in [0, 0.1) is 0 Å². The molecule has 0 spiro atoms. The number of hydrogen-bond acceptors (Lipinski definition) is 2. The zero-order valence-corrected chi connectivity index (χ0v) is 13.0. The van der Waals surface area contributed by atoms with Crippen LogP contribution in [-0.2, 0) is 7.05 Å². The van der Waals surface area contributed by atoms with Crippen LogP contribution in [0.3, 0.4) is 0 Å². The number of benzene rings is 1. The van der Waals surface area contributed by atoms with Gasteiger partial charge < -0.3 is 5.11 Å². The van der Waals surface area contributed by atoms with Gasteiger partial charge in [0.05, 0.1) is 16.8 Å². The average Bonchev–Trinajstić information content (AvgIpc) is 2.75. The Bertz CT molecular complexity index is 824. The van der Waals surface area contributed by atoms with Gasteiger partial charge in [0.25, 0.3) is 0 Å². The highest BCUT2D eigenvalue weighted by Gasteiger charge is 2.20. The van der Waals surface area contributed by atoms with E-state index in [4.69, 9.17) is 16.6 Å². The first-order valence-corrected chi connectivity index (χ1v) is 7.22. The first kappa shape index (κ1) is 13.9. The molecule has 0 radical (unpaired) electrons. The lowest BCUT2D eigenvalue weighted by Gasteiger charge is -2.07. The van der Waals surface area contributed by atoms with Crippen molar-refractivity contribution in [1.82, 2.24) is 9.67 Å². The average molecular weight is 303 g/mol. The first-order valence-electron chi connectivity index (χ1n) is 6.84. The maximum atomic E-state index is 9.63. The van der Waals surface area contributed by atoms with Gasteiger partial charge in [0.1, 0.15) is 11.1 Å². The standard InChI is InChI=1S/C16H16ClN3O/c1-10(2)20-16-13(9-19(20)3)14(17)8-15(18-16)11-5-4-6-12(21)7-11/h4-10H,1-3H3/p+1. The summed E-state index contributed by atoms with van der Waals surface area (Å²) in [5, 5.41) is 11.2. The van der Waals surface area contributed by atoms with Gasteiger partial charge >= 0.3 is 0 Å². The molecule has 1 aromatic carbocycles. The quantitative estimate of drug-likeness (QED) is 0.737. The van der Waals surface area contributed by atoms with Crippen molar-refractivity contribution < 1.29 is 9.79 Å². The molecule has 0 aliphatic rings. The van der Waals surface area contributed by atoms with E-state index in [9.17, 15) is 5.11 Å².